The molecule has 250 valence electrons. The third-order valence-electron chi connectivity index (χ3n) is 7.50. The zero-order valence-electron chi connectivity index (χ0n) is 27.1. The van der Waals surface area contributed by atoms with Crippen LogP contribution < -0.4 is 0 Å². The Hall–Kier alpha value is -3.01. The second-order valence-corrected chi connectivity index (χ2v) is 12.2. The van der Waals surface area contributed by atoms with Crippen molar-refractivity contribution in [3.63, 3.8) is 0 Å². The van der Waals surface area contributed by atoms with Crippen LogP contribution in [0, 0.1) is 0 Å². The Morgan fingerprint density at radius 2 is 0.915 bits per heavy atom. The van der Waals surface area contributed by atoms with Gasteiger partial charge in [-0.05, 0) is 36.1 Å². The molecule has 0 spiro atoms. The first-order chi connectivity index (χ1) is 23.2. The maximum atomic E-state index is 6.76. The van der Waals surface area contributed by atoms with E-state index in [4.69, 9.17) is 37.3 Å². The van der Waals surface area contributed by atoms with Crippen LogP contribution in [0.4, 0.5) is 0 Å². The van der Waals surface area contributed by atoms with Crippen LogP contribution in [0.3, 0.4) is 0 Å². The molecule has 1 heterocycles. The van der Waals surface area contributed by atoms with E-state index < -0.39 is 39.3 Å². The van der Waals surface area contributed by atoms with Crippen LogP contribution in [0.25, 0.3) is 0 Å². The highest BCUT2D eigenvalue weighted by Gasteiger charge is 2.50. The van der Waals surface area contributed by atoms with Crippen LogP contribution in [0.1, 0.15) is 36.1 Å². The first-order valence-electron chi connectivity index (χ1n) is 16.2. The normalized spacial score (nSPS) is 21.2. The summed E-state index contributed by atoms with van der Waals surface area (Å²) in [6, 6.07) is 40.2. The van der Waals surface area contributed by atoms with Crippen molar-refractivity contribution < 1.29 is 37.3 Å². The average Bonchev–Trinajstić information content (AvgIpc) is 3.12. The fraction of sp³-hybridized carbons (Fsp3) is 0.368. The summed E-state index contributed by atoms with van der Waals surface area (Å²) in [6.07, 6.45) is -3.26. The second-order valence-electron chi connectivity index (χ2n) is 11.0. The molecule has 1 aliphatic heterocycles. The van der Waals surface area contributed by atoms with Crippen molar-refractivity contribution in [1.29, 1.82) is 0 Å². The molecule has 0 radical (unpaired) electrons. The molecule has 5 rings (SSSR count). The van der Waals surface area contributed by atoms with Gasteiger partial charge < -0.3 is 32.7 Å². The quantitative estimate of drug-likeness (QED) is 0.0938. The highest BCUT2D eigenvalue weighted by atomic mass is 31.2. The van der Waals surface area contributed by atoms with E-state index in [1.165, 1.54) is 0 Å². The number of rotatable bonds is 19. The minimum absolute atomic E-state index is 0.242. The molecular weight excluding hydrogens is 615 g/mol. The number of ether oxygens (including phenoxy) is 5. The van der Waals surface area contributed by atoms with Crippen molar-refractivity contribution in [2.45, 2.75) is 71.0 Å². The Labute approximate surface area is 279 Å². The minimum Gasteiger partial charge on any atom is -0.374 e. The molecule has 1 unspecified atom stereocenters. The second kappa shape index (κ2) is 19.7. The lowest BCUT2D eigenvalue weighted by atomic mass is 9.98. The summed E-state index contributed by atoms with van der Waals surface area (Å²) >= 11 is 0. The fourth-order valence-corrected chi connectivity index (χ4v) is 6.18. The minimum atomic E-state index is -1.72. The van der Waals surface area contributed by atoms with E-state index in [1.54, 1.807) is 0 Å². The molecule has 1 aliphatic rings. The van der Waals surface area contributed by atoms with Gasteiger partial charge in [0, 0.05) is 0 Å². The van der Waals surface area contributed by atoms with Crippen molar-refractivity contribution in [3.05, 3.63) is 144 Å². The van der Waals surface area contributed by atoms with E-state index in [0.717, 1.165) is 22.3 Å². The van der Waals surface area contributed by atoms with E-state index in [0.29, 0.717) is 39.6 Å². The molecule has 0 aromatic heterocycles. The third kappa shape index (κ3) is 11.3. The number of hydrogen-bond donors (Lipinski definition) is 0. The molecule has 0 bridgehead atoms. The summed E-state index contributed by atoms with van der Waals surface area (Å²) in [6.45, 7) is 6.35. The maximum Gasteiger partial charge on any atom is 0.335 e. The van der Waals surface area contributed by atoms with Crippen LogP contribution in [0.15, 0.2) is 121 Å². The Morgan fingerprint density at radius 1 is 0.511 bits per heavy atom. The highest BCUT2D eigenvalue weighted by Crippen LogP contribution is 2.44. The molecule has 47 heavy (non-hydrogen) atoms. The van der Waals surface area contributed by atoms with Crippen molar-refractivity contribution in [1.82, 2.24) is 0 Å². The first kappa shape index (κ1) is 35.3. The number of benzene rings is 4. The summed E-state index contributed by atoms with van der Waals surface area (Å²) in [5.41, 5.74) is 4.15. The van der Waals surface area contributed by atoms with Gasteiger partial charge in [-0.15, -0.1) is 0 Å². The molecule has 0 aliphatic carbocycles. The van der Waals surface area contributed by atoms with Crippen molar-refractivity contribution in [3.8, 4) is 0 Å². The molecule has 4 aromatic carbocycles. The maximum absolute atomic E-state index is 6.76. The SMILES string of the molecule is CCOP(OCC)OC1O[C@H](COCc2ccccc2)[C@@H](OCc2ccccc2)[C@H](OCc2ccccc2)[C@H]1OCc1ccccc1. The summed E-state index contributed by atoms with van der Waals surface area (Å²) in [5, 5.41) is 0. The van der Waals surface area contributed by atoms with Gasteiger partial charge in [0.15, 0.2) is 6.29 Å². The number of hydrogen-bond acceptors (Lipinski definition) is 8. The standard InChI is InChI=1S/C38H45O8P/c1-3-43-47(44-4-2)46-38-37(42-28-33-23-15-8-16-24-33)36(41-27-32-21-13-7-14-22-32)35(40-26-31-19-11-6-12-20-31)34(45-38)29-39-25-30-17-9-5-10-18-30/h5-24,34-38H,3-4,25-29H2,1-2H3/t34-,35-,36+,37-,38?/m1/s1. The van der Waals surface area contributed by atoms with Gasteiger partial charge in [0.1, 0.15) is 24.4 Å². The smallest absolute Gasteiger partial charge is 0.335 e. The van der Waals surface area contributed by atoms with Crippen LogP contribution in [0.2, 0.25) is 0 Å². The van der Waals surface area contributed by atoms with Gasteiger partial charge in [-0.3, -0.25) is 4.52 Å². The van der Waals surface area contributed by atoms with E-state index in [-0.39, 0.29) is 6.61 Å². The average molecular weight is 661 g/mol. The summed E-state index contributed by atoms with van der Waals surface area (Å²) < 4.78 is 51.2. The molecule has 0 amide bonds. The molecular formula is C38H45O8P. The van der Waals surface area contributed by atoms with Crippen molar-refractivity contribution >= 4 is 8.60 Å². The topological polar surface area (TPSA) is 73.8 Å². The molecule has 0 saturated carbocycles. The van der Waals surface area contributed by atoms with Gasteiger partial charge in [0.05, 0.1) is 46.2 Å². The molecule has 4 aromatic rings. The summed E-state index contributed by atoms with van der Waals surface area (Å²) in [4.78, 5) is 0. The molecule has 0 N–H and O–H groups in total. The van der Waals surface area contributed by atoms with Gasteiger partial charge >= 0.3 is 8.60 Å². The Kier molecular flexibility index (Phi) is 14.8. The van der Waals surface area contributed by atoms with Crippen LogP contribution >= 0.6 is 8.60 Å². The van der Waals surface area contributed by atoms with Crippen LogP contribution in [-0.2, 0) is 63.7 Å². The van der Waals surface area contributed by atoms with E-state index in [2.05, 4.69) is 0 Å². The summed E-state index contributed by atoms with van der Waals surface area (Å²) in [7, 11) is -1.72. The fourth-order valence-electron chi connectivity index (χ4n) is 5.23. The van der Waals surface area contributed by atoms with Crippen LogP contribution in [0.5, 0.6) is 0 Å². The third-order valence-corrected chi connectivity index (χ3v) is 8.82. The molecule has 9 heteroatoms. The molecule has 5 atom stereocenters. The lowest BCUT2D eigenvalue weighted by molar-refractivity contribution is -0.311. The lowest BCUT2D eigenvalue weighted by Gasteiger charge is -2.46. The zero-order chi connectivity index (χ0) is 32.5. The molecule has 1 saturated heterocycles. The van der Waals surface area contributed by atoms with E-state index >= 15 is 0 Å². The largest absolute Gasteiger partial charge is 0.374 e. The molecule has 8 nitrogen and oxygen atoms in total. The Balaban J connectivity index is 1.46. The Morgan fingerprint density at radius 3 is 1.36 bits per heavy atom. The predicted molar refractivity (Wildman–Crippen MR) is 181 cm³/mol. The van der Waals surface area contributed by atoms with Gasteiger partial charge in [-0.1, -0.05) is 121 Å². The zero-order valence-corrected chi connectivity index (χ0v) is 28.0. The highest BCUT2D eigenvalue weighted by molar-refractivity contribution is 7.41. The van der Waals surface area contributed by atoms with Gasteiger partial charge in [-0.2, -0.15) is 0 Å². The lowest BCUT2D eigenvalue weighted by Crippen LogP contribution is -2.61. The van der Waals surface area contributed by atoms with Crippen LogP contribution in [-0.4, -0.2) is 50.5 Å². The first-order valence-corrected chi connectivity index (χ1v) is 17.3. The van der Waals surface area contributed by atoms with Gasteiger partial charge in [0.2, 0.25) is 0 Å². The summed E-state index contributed by atoms with van der Waals surface area (Å²) in [5.74, 6) is 0. The van der Waals surface area contributed by atoms with Crippen molar-refractivity contribution in [2.75, 3.05) is 19.8 Å². The molecule has 1 fully saturated rings. The Bertz CT molecular complexity index is 1380. The predicted octanol–water partition coefficient (Wildman–Crippen LogP) is 8.00. The van der Waals surface area contributed by atoms with E-state index in [1.807, 2.05) is 135 Å². The van der Waals surface area contributed by atoms with Gasteiger partial charge in [0.25, 0.3) is 0 Å². The van der Waals surface area contributed by atoms with Gasteiger partial charge in [-0.25, -0.2) is 0 Å². The van der Waals surface area contributed by atoms with E-state index in [9.17, 15) is 0 Å². The van der Waals surface area contributed by atoms with Crippen molar-refractivity contribution in [2.24, 2.45) is 0 Å². The monoisotopic (exact) mass is 660 g/mol.